The molecule has 0 aromatic heterocycles. The van der Waals surface area contributed by atoms with Crippen molar-refractivity contribution in [1.82, 2.24) is 15.5 Å². The molecule has 1 aliphatic heterocycles. The molecule has 3 atom stereocenters. The Kier molecular flexibility index (Phi) is 9.20. The molecule has 1 fully saturated rings. The minimum Gasteiger partial charge on any atom is -0.467 e. The fraction of sp³-hybridized carbons (Fsp3) is 0.500. The molecule has 1 heterocycles. The minimum absolute atomic E-state index is 0.246. The first-order valence-electron chi connectivity index (χ1n) is 13.0. The Labute approximate surface area is 226 Å². The molecule has 3 rings (SSSR count). The number of ether oxygens (including phenoxy) is 2. The van der Waals surface area contributed by atoms with Crippen molar-refractivity contribution in [3.63, 3.8) is 0 Å². The molecule has 0 radical (unpaired) electrons. The van der Waals surface area contributed by atoms with Crippen LogP contribution in [0, 0.1) is 5.41 Å². The molecule has 8 heteroatoms. The summed E-state index contributed by atoms with van der Waals surface area (Å²) in [6.07, 6.45) is 0.580. The van der Waals surface area contributed by atoms with Crippen molar-refractivity contribution < 1.29 is 23.9 Å². The highest BCUT2D eigenvalue weighted by Gasteiger charge is 2.46. The lowest BCUT2D eigenvalue weighted by molar-refractivity contribution is -0.152. The lowest BCUT2D eigenvalue weighted by Gasteiger charge is -2.38. The first-order valence-corrected chi connectivity index (χ1v) is 13.0. The van der Waals surface area contributed by atoms with Crippen LogP contribution in [0.15, 0.2) is 54.6 Å². The number of nitrogens with one attached hydrogen (secondary N) is 2. The summed E-state index contributed by atoms with van der Waals surface area (Å²) in [5.41, 5.74) is 2.09. The van der Waals surface area contributed by atoms with Crippen molar-refractivity contribution in [2.24, 2.45) is 5.41 Å². The van der Waals surface area contributed by atoms with Crippen LogP contribution in [0.5, 0.6) is 0 Å². The number of hydrogen-bond acceptors (Lipinski definition) is 5. The Morgan fingerprint density at radius 1 is 0.947 bits per heavy atom. The van der Waals surface area contributed by atoms with Gasteiger partial charge in [-0.2, -0.15) is 0 Å². The smallest absolute Gasteiger partial charge is 0.328 e. The summed E-state index contributed by atoms with van der Waals surface area (Å²) in [5, 5.41) is 5.81. The van der Waals surface area contributed by atoms with Gasteiger partial charge in [-0.25, -0.2) is 9.59 Å². The number of carbonyl (C=O) groups is 3. The molecular formula is C30H41N3O5. The summed E-state index contributed by atoms with van der Waals surface area (Å²) < 4.78 is 10.4. The van der Waals surface area contributed by atoms with Crippen molar-refractivity contribution in [3.05, 3.63) is 60.2 Å². The molecule has 38 heavy (non-hydrogen) atoms. The van der Waals surface area contributed by atoms with Gasteiger partial charge < -0.3 is 25.0 Å². The largest absolute Gasteiger partial charge is 0.467 e. The zero-order valence-corrected chi connectivity index (χ0v) is 23.5. The molecule has 2 aromatic rings. The number of carbonyl (C=O) groups excluding carboxylic acids is 3. The highest BCUT2D eigenvalue weighted by atomic mass is 16.5. The Balaban J connectivity index is 1.89. The number of rotatable bonds is 8. The predicted molar refractivity (Wildman–Crippen MR) is 148 cm³/mol. The van der Waals surface area contributed by atoms with Crippen molar-refractivity contribution >= 4 is 17.9 Å². The maximum atomic E-state index is 14.0. The number of likely N-dealkylation sites (tertiary alicyclic amines) is 1. The van der Waals surface area contributed by atoms with Crippen LogP contribution in [0.3, 0.4) is 0 Å². The van der Waals surface area contributed by atoms with Gasteiger partial charge in [-0.1, -0.05) is 68.4 Å². The third-order valence-corrected chi connectivity index (χ3v) is 6.87. The topological polar surface area (TPSA) is 97.0 Å². The maximum absolute atomic E-state index is 14.0. The number of urea groups is 1. The van der Waals surface area contributed by atoms with Crippen molar-refractivity contribution in [2.45, 2.75) is 71.2 Å². The first-order chi connectivity index (χ1) is 17.8. The SMILES string of the molecule is COC(=O)C1CC(OC)CN1C(=O)[C@@H](NC(=O)NC(C)(C)C)C(C)(C)Cc1ccc(-c2ccccc2)cc1. The summed E-state index contributed by atoms with van der Waals surface area (Å²) in [6.45, 7) is 9.78. The van der Waals surface area contributed by atoms with Gasteiger partial charge in [0.25, 0.3) is 0 Å². The van der Waals surface area contributed by atoms with E-state index in [9.17, 15) is 14.4 Å². The van der Waals surface area contributed by atoms with Gasteiger partial charge in [0.15, 0.2) is 0 Å². The Morgan fingerprint density at radius 2 is 1.55 bits per heavy atom. The lowest BCUT2D eigenvalue weighted by Crippen LogP contribution is -2.61. The number of hydrogen-bond donors (Lipinski definition) is 2. The average molecular weight is 524 g/mol. The lowest BCUT2D eigenvalue weighted by atomic mass is 9.77. The zero-order valence-electron chi connectivity index (χ0n) is 23.5. The standard InChI is InChI=1S/C30H41N3O5/c1-29(2,3)32-28(36)31-25(26(34)33-19-23(37-6)17-24(33)27(35)38-7)30(4,5)18-20-13-15-22(16-14-20)21-11-9-8-10-12-21/h8-16,23-25H,17-19H2,1-7H3,(H2,31,32,36)/t23?,24?,25-/m1/s1. The van der Waals surface area contributed by atoms with Crippen LogP contribution in [-0.4, -0.2) is 67.3 Å². The summed E-state index contributed by atoms with van der Waals surface area (Å²) in [4.78, 5) is 41.0. The molecule has 1 saturated heterocycles. The fourth-order valence-electron chi connectivity index (χ4n) is 4.91. The van der Waals surface area contributed by atoms with Crippen molar-refractivity contribution in [1.29, 1.82) is 0 Å². The van der Waals surface area contributed by atoms with Crippen LogP contribution in [0.4, 0.5) is 4.79 Å². The van der Waals surface area contributed by atoms with Gasteiger partial charge in [-0.3, -0.25) is 4.79 Å². The molecular weight excluding hydrogens is 482 g/mol. The highest BCUT2D eigenvalue weighted by Crippen LogP contribution is 2.32. The number of methoxy groups -OCH3 is 2. The molecule has 8 nitrogen and oxygen atoms in total. The van der Waals surface area contributed by atoms with Gasteiger partial charge >= 0.3 is 12.0 Å². The quantitative estimate of drug-likeness (QED) is 0.506. The first kappa shape index (κ1) is 29.2. The van der Waals surface area contributed by atoms with E-state index in [0.29, 0.717) is 12.8 Å². The average Bonchev–Trinajstić information content (AvgIpc) is 3.31. The van der Waals surface area contributed by atoms with Crippen LogP contribution in [0.2, 0.25) is 0 Å². The minimum atomic E-state index is -0.901. The molecule has 206 valence electrons. The zero-order chi connectivity index (χ0) is 28.1. The summed E-state index contributed by atoms with van der Waals surface area (Å²) >= 11 is 0. The Hall–Kier alpha value is -3.39. The normalized spacial score (nSPS) is 18.6. The maximum Gasteiger partial charge on any atom is 0.328 e. The summed E-state index contributed by atoms with van der Waals surface area (Å²) in [7, 11) is 2.86. The van der Waals surface area contributed by atoms with Crippen LogP contribution >= 0.6 is 0 Å². The molecule has 2 aromatic carbocycles. The molecule has 2 unspecified atom stereocenters. The van der Waals surface area contributed by atoms with Crippen molar-refractivity contribution in [2.75, 3.05) is 20.8 Å². The summed E-state index contributed by atoms with van der Waals surface area (Å²) in [5.74, 6) is -0.833. The van der Waals surface area contributed by atoms with E-state index in [-0.39, 0.29) is 18.6 Å². The monoisotopic (exact) mass is 523 g/mol. The van der Waals surface area contributed by atoms with Gasteiger partial charge in [-0.15, -0.1) is 0 Å². The second-order valence-electron chi connectivity index (χ2n) is 11.6. The van der Waals surface area contributed by atoms with E-state index < -0.39 is 35.0 Å². The highest BCUT2D eigenvalue weighted by molar-refractivity contribution is 5.91. The van der Waals surface area contributed by atoms with E-state index in [1.54, 1.807) is 7.11 Å². The Bertz CT molecular complexity index is 1110. The van der Waals surface area contributed by atoms with E-state index in [2.05, 4.69) is 47.0 Å². The van der Waals surface area contributed by atoms with Crippen LogP contribution in [0.25, 0.3) is 11.1 Å². The second-order valence-corrected chi connectivity index (χ2v) is 11.6. The van der Waals surface area contributed by atoms with E-state index in [0.717, 1.165) is 16.7 Å². The van der Waals surface area contributed by atoms with E-state index in [1.807, 2.05) is 52.8 Å². The van der Waals surface area contributed by atoms with Gasteiger partial charge in [-0.05, 0) is 49.3 Å². The summed E-state index contributed by atoms with van der Waals surface area (Å²) in [6, 6.07) is 16.2. The van der Waals surface area contributed by atoms with Gasteiger partial charge in [0.05, 0.1) is 13.2 Å². The molecule has 3 amide bonds. The number of amides is 3. The van der Waals surface area contributed by atoms with Gasteiger partial charge in [0.2, 0.25) is 5.91 Å². The number of esters is 1. The van der Waals surface area contributed by atoms with E-state index in [4.69, 9.17) is 9.47 Å². The van der Waals surface area contributed by atoms with Gasteiger partial charge in [0, 0.05) is 25.6 Å². The molecule has 0 aliphatic carbocycles. The second kappa shape index (κ2) is 12.0. The Morgan fingerprint density at radius 3 is 2.11 bits per heavy atom. The number of benzene rings is 2. The van der Waals surface area contributed by atoms with Crippen molar-refractivity contribution in [3.8, 4) is 11.1 Å². The molecule has 2 N–H and O–H groups in total. The van der Waals surface area contributed by atoms with Crippen LogP contribution in [-0.2, 0) is 25.5 Å². The number of nitrogens with zero attached hydrogens (tertiary/aromatic N) is 1. The molecule has 0 bridgehead atoms. The molecule has 1 aliphatic rings. The van der Waals surface area contributed by atoms with Crippen LogP contribution < -0.4 is 10.6 Å². The van der Waals surface area contributed by atoms with Gasteiger partial charge in [0.1, 0.15) is 12.1 Å². The van der Waals surface area contributed by atoms with E-state index >= 15 is 0 Å². The third kappa shape index (κ3) is 7.34. The van der Waals surface area contributed by atoms with E-state index in [1.165, 1.54) is 12.0 Å². The predicted octanol–water partition coefficient (Wildman–Crippen LogP) is 4.18. The molecule has 0 spiro atoms. The fourth-order valence-corrected chi connectivity index (χ4v) is 4.91. The molecule has 0 saturated carbocycles. The van der Waals surface area contributed by atoms with Crippen LogP contribution in [0.1, 0.15) is 46.6 Å². The third-order valence-electron chi connectivity index (χ3n) is 6.87.